The highest BCUT2D eigenvalue weighted by atomic mass is 35.5. The first-order valence-electron chi connectivity index (χ1n) is 5.54. The molecule has 0 aliphatic carbocycles. The lowest BCUT2D eigenvalue weighted by atomic mass is 10.2. The molecule has 0 saturated carbocycles. The Hall–Kier alpha value is -1.55. The van der Waals surface area contributed by atoms with Gasteiger partial charge in [0, 0.05) is 12.1 Å². The van der Waals surface area contributed by atoms with Crippen LogP contribution in [0, 0.1) is 5.82 Å². The van der Waals surface area contributed by atoms with E-state index in [1.54, 1.807) is 6.08 Å². The molecule has 0 aliphatic heterocycles. The van der Waals surface area contributed by atoms with Crippen molar-refractivity contribution in [2.75, 3.05) is 19.0 Å². The Balaban J connectivity index is 2.67. The van der Waals surface area contributed by atoms with Crippen LogP contribution in [0.5, 0.6) is 0 Å². The molecule has 3 nitrogen and oxygen atoms in total. The van der Waals surface area contributed by atoms with Crippen molar-refractivity contribution in [2.45, 2.75) is 13.3 Å². The third kappa shape index (κ3) is 4.04. The van der Waals surface area contributed by atoms with Crippen LogP contribution in [0.2, 0.25) is 5.02 Å². The Kier molecular flexibility index (Phi) is 5.65. The zero-order valence-electron chi connectivity index (χ0n) is 10.3. The smallest absolute Gasteiger partial charge is 0.333 e. The average Bonchev–Trinajstić information content (AvgIpc) is 2.37. The Morgan fingerprint density at radius 3 is 2.89 bits per heavy atom. The SMILES string of the molecule is CC/C(=C/CNc1cc(F)ccc1Cl)C(=O)OC. The van der Waals surface area contributed by atoms with Crippen molar-refractivity contribution >= 4 is 23.3 Å². The summed E-state index contributed by atoms with van der Waals surface area (Å²) in [5.41, 5.74) is 1.06. The Labute approximate surface area is 111 Å². The first-order chi connectivity index (χ1) is 8.58. The second kappa shape index (κ2) is 7.01. The zero-order chi connectivity index (χ0) is 13.5. The van der Waals surface area contributed by atoms with Gasteiger partial charge in [-0.25, -0.2) is 9.18 Å². The number of carbonyl (C=O) groups excluding carboxylic acids is 1. The van der Waals surface area contributed by atoms with Gasteiger partial charge in [-0.05, 0) is 24.6 Å². The first kappa shape index (κ1) is 14.5. The molecule has 0 spiro atoms. The minimum atomic E-state index is -0.366. The molecule has 1 rings (SSSR count). The predicted molar refractivity (Wildman–Crippen MR) is 70.3 cm³/mol. The highest BCUT2D eigenvalue weighted by Crippen LogP contribution is 2.22. The van der Waals surface area contributed by atoms with Crippen LogP contribution in [0.15, 0.2) is 29.8 Å². The van der Waals surface area contributed by atoms with Crippen LogP contribution in [0.3, 0.4) is 0 Å². The van der Waals surface area contributed by atoms with E-state index in [0.717, 1.165) is 0 Å². The van der Waals surface area contributed by atoms with Gasteiger partial charge in [-0.2, -0.15) is 0 Å². The van der Waals surface area contributed by atoms with E-state index in [1.165, 1.54) is 25.3 Å². The maximum absolute atomic E-state index is 13.0. The largest absolute Gasteiger partial charge is 0.466 e. The molecule has 1 aromatic carbocycles. The number of methoxy groups -OCH3 is 1. The van der Waals surface area contributed by atoms with Crippen molar-refractivity contribution in [3.63, 3.8) is 0 Å². The quantitative estimate of drug-likeness (QED) is 0.659. The molecule has 0 unspecified atom stereocenters. The molecule has 98 valence electrons. The van der Waals surface area contributed by atoms with E-state index in [0.29, 0.717) is 29.2 Å². The number of benzene rings is 1. The first-order valence-corrected chi connectivity index (χ1v) is 5.92. The molecular formula is C13H15ClFNO2. The van der Waals surface area contributed by atoms with Gasteiger partial charge in [-0.3, -0.25) is 0 Å². The average molecular weight is 272 g/mol. The third-order valence-corrected chi connectivity index (χ3v) is 2.73. The Morgan fingerprint density at radius 1 is 1.56 bits per heavy atom. The number of halogens is 2. The van der Waals surface area contributed by atoms with E-state index in [4.69, 9.17) is 11.6 Å². The molecule has 0 fully saturated rings. The lowest BCUT2D eigenvalue weighted by molar-refractivity contribution is -0.136. The van der Waals surface area contributed by atoms with Crippen LogP contribution in [-0.2, 0) is 9.53 Å². The number of esters is 1. The number of hydrogen-bond donors (Lipinski definition) is 1. The van der Waals surface area contributed by atoms with Crippen molar-refractivity contribution in [3.05, 3.63) is 40.7 Å². The van der Waals surface area contributed by atoms with Gasteiger partial charge in [0.1, 0.15) is 5.82 Å². The van der Waals surface area contributed by atoms with Crippen LogP contribution in [0.4, 0.5) is 10.1 Å². The third-order valence-electron chi connectivity index (χ3n) is 2.40. The summed E-state index contributed by atoms with van der Waals surface area (Å²) in [4.78, 5) is 11.3. The monoisotopic (exact) mass is 271 g/mol. The van der Waals surface area contributed by atoms with E-state index in [2.05, 4.69) is 10.1 Å². The zero-order valence-corrected chi connectivity index (χ0v) is 11.1. The summed E-state index contributed by atoms with van der Waals surface area (Å²) in [6.45, 7) is 2.24. The molecule has 0 bridgehead atoms. The fraction of sp³-hybridized carbons (Fsp3) is 0.308. The van der Waals surface area contributed by atoms with Gasteiger partial charge >= 0.3 is 5.97 Å². The molecular weight excluding hydrogens is 257 g/mol. The molecule has 0 heterocycles. The molecule has 0 saturated heterocycles. The van der Waals surface area contributed by atoms with Crippen LogP contribution in [0.1, 0.15) is 13.3 Å². The Bertz CT molecular complexity index is 460. The molecule has 0 aliphatic rings. The second-order valence-corrected chi connectivity index (χ2v) is 3.99. The fourth-order valence-corrected chi connectivity index (χ4v) is 1.60. The highest BCUT2D eigenvalue weighted by Gasteiger charge is 2.06. The molecule has 1 N–H and O–H groups in total. The summed E-state index contributed by atoms with van der Waals surface area (Å²) in [6.07, 6.45) is 2.28. The second-order valence-electron chi connectivity index (χ2n) is 3.58. The molecule has 5 heteroatoms. The molecule has 0 aromatic heterocycles. The van der Waals surface area contributed by atoms with Gasteiger partial charge in [0.2, 0.25) is 0 Å². The van der Waals surface area contributed by atoms with Gasteiger partial charge in [0.25, 0.3) is 0 Å². The van der Waals surface area contributed by atoms with Gasteiger partial charge in [0.05, 0.1) is 17.8 Å². The van der Waals surface area contributed by atoms with Gasteiger partial charge in [0.15, 0.2) is 0 Å². The van der Waals surface area contributed by atoms with Crippen molar-refractivity contribution in [2.24, 2.45) is 0 Å². The van der Waals surface area contributed by atoms with Crippen molar-refractivity contribution in [1.29, 1.82) is 0 Å². The minimum absolute atomic E-state index is 0.357. The van der Waals surface area contributed by atoms with Crippen LogP contribution in [-0.4, -0.2) is 19.6 Å². The van der Waals surface area contributed by atoms with Crippen LogP contribution >= 0.6 is 11.6 Å². The molecule has 0 amide bonds. The molecule has 1 aromatic rings. The van der Waals surface area contributed by atoms with Crippen molar-refractivity contribution < 1.29 is 13.9 Å². The maximum atomic E-state index is 13.0. The maximum Gasteiger partial charge on any atom is 0.333 e. The van der Waals surface area contributed by atoms with Crippen LogP contribution < -0.4 is 5.32 Å². The molecule has 0 radical (unpaired) electrons. The number of carbonyl (C=O) groups is 1. The normalized spacial score (nSPS) is 11.2. The number of anilines is 1. The summed E-state index contributed by atoms with van der Waals surface area (Å²) in [5.74, 6) is -0.723. The van der Waals surface area contributed by atoms with Gasteiger partial charge in [-0.15, -0.1) is 0 Å². The number of rotatable bonds is 5. The summed E-state index contributed by atoms with van der Waals surface area (Å²) in [5, 5.41) is 3.37. The van der Waals surface area contributed by atoms with Crippen molar-refractivity contribution in [1.82, 2.24) is 0 Å². The van der Waals surface area contributed by atoms with E-state index in [-0.39, 0.29) is 11.8 Å². The van der Waals surface area contributed by atoms with Crippen LogP contribution in [0.25, 0.3) is 0 Å². The fourth-order valence-electron chi connectivity index (χ4n) is 1.42. The highest BCUT2D eigenvalue weighted by molar-refractivity contribution is 6.33. The number of hydrogen-bond acceptors (Lipinski definition) is 3. The van der Waals surface area contributed by atoms with Gasteiger partial charge in [-0.1, -0.05) is 24.6 Å². The van der Waals surface area contributed by atoms with E-state index < -0.39 is 0 Å². The van der Waals surface area contributed by atoms with Gasteiger partial charge < -0.3 is 10.1 Å². The standard InChI is InChI=1S/C13H15ClFNO2/c1-3-9(13(17)18-2)6-7-16-12-8-10(15)4-5-11(12)14/h4-6,8,16H,3,7H2,1-2H3/b9-6-. The number of ether oxygens (including phenoxy) is 1. The minimum Gasteiger partial charge on any atom is -0.466 e. The van der Waals surface area contributed by atoms with E-state index in [1.807, 2.05) is 6.92 Å². The lowest BCUT2D eigenvalue weighted by Crippen LogP contribution is -2.07. The predicted octanol–water partition coefficient (Wildman–Crippen LogP) is 3.40. The summed E-state index contributed by atoms with van der Waals surface area (Å²) in [6, 6.07) is 4.07. The molecule has 18 heavy (non-hydrogen) atoms. The summed E-state index contributed by atoms with van der Waals surface area (Å²) >= 11 is 5.89. The topological polar surface area (TPSA) is 38.3 Å². The van der Waals surface area contributed by atoms with Crippen molar-refractivity contribution in [3.8, 4) is 0 Å². The summed E-state index contributed by atoms with van der Waals surface area (Å²) in [7, 11) is 1.34. The lowest BCUT2D eigenvalue weighted by Gasteiger charge is -2.07. The number of nitrogens with one attached hydrogen (secondary N) is 1. The molecule has 0 atom stereocenters. The van der Waals surface area contributed by atoms with E-state index in [9.17, 15) is 9.18 Å². The summed E-state index contributed by atoms with van der Waals surface area (Å²) < 4.78 is 17.6. The van der Waals surface area contributed by atoms with E-state index >= 15 is 0 Å². The Morgan fingerprint density at radius 2 is 2.28 bits per heavy atom.